The largest absolute Gasteiger partial charge is 0.379 e. The molecule has 1 aromatic heterocycles. The molecule has 1 aliphatic rings. The van der Waals surface area contributed by atoms with Crippen LogP contribution in [0.3, 0.4) is 0 Å². The molecule has 3 nitrogen and oxygen atoms in total. The Labute approximate surface area is 117 Å². The van der Waals surface area contributed by atoms with Crippen molar-refractivity contribution in [3.8, 4) is 0 Å². The highest BCUT2D eigenvalue weighted by molar-refractivity contribution is 5.53. The van der Waals surface area contributed by atoms with Gasteiger partial charge in [-0.25, -0.2) is 0 Å². The predicted octanol–water partition coefficient (Wildman–Crippen LogP) is 4.46. The zero-order valence-electron chi connectivity index (χ0n) is 13.2. The Kier molecular flexibility index (Phi) is 4.54. The normalized spacial score (nSPS) is 23.9. The molecule has 0 radical (unpaired) electrons. The third-order valence-corrected chi connectivity index (χ3v) is 4.52. The molecule has 1 N–H and O–H groups in total. The van der Waals surface area contributed by atoms with Crippen LogP contribution < -0.4 is 5.32 Å². The molecular formula is C16H29N3. The first kappa shape index (κ1) is 14.4. The van der Waals surface area contributed by atoms with Crippen LogP contribution in [0.15, 0.2) is 0 Å². The molecule has 0 aromatic carbocycles. The van der Waals surface area contributed by atoms with E-state index in [1.54, 1.807) is 0 Å². The van der Waals surface area contributed by atoms with E-state index in [1.165, 1.54) is 43.5 Å². The number of hydrogen-bond donors (Lipinski definition) is 1. The lowest BCUT2D eigenvalue weighted by Gasteiger charge is -2.30. The molecule has 2 atom stereocenters. The topological polar surface area (TPSA) is 29.9 Å². The summed E-state index contributed by atoms with van der Waals surface area (Å²) < 4.78 is 2.14. The molecule has 0 aliphatic heterocycles. The molecule has 0 saturated heterocycles. The van der Waals surface area contributed by atoms with Crippen LogP contribution in [0.25, 0.3) is 0 Å². The summed E-state index contributed by atoms with van der Waals surface area (Å²) in [5, 5.41) is 8.44. The SMILES string of the molecule is CCC1CCCC(Nc2c(C)nn(C(C)C)c2C)C1. The monoisotopic (exact) mass is 263 g/mol. The Morgan fingerprint density at radius 3 is 2.63 bits per heavy atom. The molecule has 1 aliphatic carbocycles. The van der Waals surface area contributed by atoms with E-state index in [1.807, 2.05) is 0 Å². The van der Waals surface area contributed by atoms with Crippen molar-refractivity contribution in [1.82, 2.24) is 9.78 Å². The number of anilines is 1. The summed E-state index contributed by atoms with van der Waals surface area (Å²) in [5.74, 6) is 0.909. The van der Waals surface area contributed by atoms with E-state index in [0.717, 1.165) is 11.6 Å². The summed E-state index contributed by atoms with van der Waals surface area (Å²) in [6, 6.07) is 1.07. The summed E-state index contributed by atoms with van der Waals surface area (Å²) in [6.07, 6.45) is 6.73. The van der Waals surface area contributed by atoms with Crippen molar-refractivity contribution in [2.75, 3.05) is 5.32 Å². The van der Waals surface area contributed by atoms with Gasteiger partial charge in [-0.1, -0.05) is 26.2 Å². The molecule has 3 heteroatoms. The average molecular weight is 263 g/mol. The predicted molar refractivity (Wildman–Crippen MR) is 81.7 cm³/mol. The first-order valence-corrected chi connectivity index (χ1v) is 7.85. The fourth-order valence-corrected chi connectivity index (χ4v) is 3.37. The minimum absolute atomic E-state index is 0.434. The average Bonchev–Trinajstić information content (AvgIpc) is 2.67. The van der Waals surface area contributed by atoms with Crippen LogP contribution in [0.2, 0.25) is 0 Å². The summed E-state index contributed by atoms with van der Waals surface area (Å²) in [4.78, 5) is 0. The van der Waals surface area contributed by atoms with Gasteiger partial charge in [-0.3, -0.25) is 4.68 Å². The molecule has 1 aromatic rings. The van der Waals surface area contributed by atoms with E-state index in [0.29, 0.717) is 12.1 Å². The lowest BCUT2D eigenvalue weighted by molar-refractivity contribution is 0.327. The van der Waals surface area contributed by atoms with Crippen molar-refractivity contribution < 1.29 is 0 Å². The molecule has 1 heterocycles. The highest BCUT2D eigenvalue weighted by Gasteiger charge is 2.23. The van der Waals surface area contributed by atoms with Crippen LogP contribution in [-0.2, 0) is 0 Å². The van der Waals surface area contributed by atoms with E-state index >= 15 is 0 Å². The van der Waals surface area contributed by atoms with Gasteiger partial charge in [0.1, 0.15) is 0 Å². The second kappa shape index (κ2) is 5.98. The Balaban J connectivity index is 2.10. The summed E-state index contributed by atoms with van der Waals surface area (Å²) >= 11 is 0. The third kappa shape index (κ3) is 3.13. The Morgan fingerprint density at radius 2 is 2.05 bits per heavy atom. The zero-order valence-corrected chi connectivity index (χ0v) is 13.2. The molecule has 19 heavy (non-hydrogen) atoms. The van der Waals surface area contributed by atoms with Gasteiger partial charge in [0.05, 0.1) is 17.1 Å². The Bertz CT molecular complexity index is 420. The second-order valence-electron chi connectivity index (χ2n) is 6.37. The molecule has 2 rings (SSSR count). The van der Waals surface area contributed by atoms with Crippen LogP contribution >= 0.6 is 0 Å². The number of aromatic nitrogens is 2. The van der Waals surface area contributed by atoms with Gasteiger partial charge in [-0.05, 0) is 46.5 Å². The number of rotatable bonds is 4. The quantitative estimate of drug-likeness (QED) is 0.869. The molecule has 1 fully saturated rings. The lowest BCUT2D eigenvalue weighted by Crippen LogP contribution is -2.27. The molecule has 0 spiro atoms. The Morgan fingerprint density at radius 1 is 1.32 bits per heavy atom. The second-order valence-corrected chi connectivity index (χ2v) is 6.37. The van der Waals surface area contributed by atoms with Crippen LogP contribution in [0.5, 0.6) is 0 Å². The molecule has 2 unspecified atom stereocenters. The number of nitrogens with zero attached hydrogens (tertiary/aromatic N) is 2. The van der Waals surface area contributed by atoms with Gasteiger partial charge >= 0.3 is 0 Å². The van der Waals surface area contributed by atoms with Crippen molar-refractivity contribution >= 4 is 5.69 Å². The van der Waals surface area contributed by atoms with E-state index in [2.05, 4.69) is 49.7 Å². The maximum absolute atomic E-state index is 4.67. The van der Waals surface area contributed by atoms with Crippen LogP contribution in [0.4, 0.5) is 5.69 Å². The van der Waals surface area contributed by atoms with Gasteiger partial charge in [0.15, 0.2) is 0 Å². The molecule has 0 bridgehead atoms. The molecule has 108 valence electrons. The molecular weight excluding hydrogens is 234 g/mol. The van der Waals surface area contributed by atoms with Gasteiger partial charge in [0.25, 0.3) is 0 Å². The summed E-state index contributed by atoms with van der Waals surface area (Å²) in [6.45, 7) is 11.0. The van der Waals surface area contributed by atoms with Crippen molar-refractivity contribution in [3.05, 3.63) is 11.4 Å². The van der Waals surface area contributed by atoms with Crippen molar-refractivity contribution in [3.63, 3.8) is 0 Å². The fraction of sp³-hybridized carbons (Fsp3) is 0.812. The minimum Gasteiger partial charge on any atom is -0.379 e. The van der Waals surface area contributed by atoms with E-state index in [9.17, 15) is 0 Å². The zero-order chi connectivity index (χ0) is 14.0. The highest BCUT2D eigenvalue weighted by atomic mass is 15.3. The van der Waals surface area contributed by atoms with Crippen molar-refractivity contribution in [2.24, 2.45) is 5.92 Å². The summed E-state index contributed by atoms with van der Waals surface area (Å²) in [7, 11) is 0. The van der Waals surface area contributed by atoms with Gasteiger partial charge < -0.3 is 5.32 Å². The van der Waals surface area contributed by atoms with Crippen LogP contribution in [-0.4, -0.2) is 15.8 Å². The van der Waals surface area contributed by atoms with E-state index < -0.39 is 0 Å². The summed E-state index contributed by atoms with van der Waals surface area (Å²) in [5.41, 5.74) is 3.70. The number of hydrogen-bond acceptors (Lipinski definition) is 2. The van der Waals surface area contributed by atoms with Crippen LogP contribution in [0, 0.1) is 19.8 Å². The molecule has 0 amide bonds. The van der Waals surface area contributed by atoms with Gasteiger partial charge in [0, 0.05) is 12.1 Å². The van der Waals surface area contributed by atoms with E-state index in [4.69, 9.17) is 0 Å². The third-order valence-electron chi connectivity index (χ3n) is 4.52. The first-order chi connectivity index (χ1) is 9.02. The van der Waals surface area contributed by atoms with Gasteiger partial charge in [-0.2, -0.15) is 5.10 Å². The maximum Gasteiger partial charge on any atom is 0.0828 e. The van der Waals surface area contributed by atoms with Gasteiger partial charge in [0.2, 0.25) is 0 Å². The van der Waals surface area contributed by atoms with Crippen LogP contribution in [0.1, 0.15) is 70.3 Å². The Hall–Kier alpha value is -0.990. The number of aryl methyl sites for hydroxylation is 1. The smallest absolute Gasteiger partial charge is 0.0828 e. The van der Waals surface area contributed by atoms with Crippen molar-refractivity contribution in [1.29, 1.82) is 0 Å². The fourth-order valence-electron chi connectivity index (χ4n) is 3.37. The van der Waals surface area contributed by atoms with Crippen molar-refractivity contribution in [2.45, 2.75) is 78.8 Å². The standard InChI is InChI=1S/C16H29N3/c1-6-14-8-7-9-15(10-14)17-16-12(4)18-19(11(2)3)13(16)5/h11,14-15,17H,6-10H2,1-5H3. The maximum atomic E-state index is 4.67. The highest BCUT2D eigenvalue weighted by Crippen LogP contribution is 2.31. The lowest BCUT2D eigenvalue weighted by atomic mass is 9.84. The first-order valence-electron chi connectivity index (χ1n) is 7.85. The molecule has 1 saturated carbocycles. The number of nitrogens with one attached hydrogen (secondary N) is 1. The van der Waals surface area contributed by atoms with Gasteiger partial charge in [-0.15, -0.1) is 0 Å². The van der Waals surface area contributed by atoms with E-state index in [-0.39, 0.29) is 0 Å². The minimum atomic E-state index is 0.434.